The minimum atomic E-state index is -0.446. The van der Waals surface area contributed by atoms with E-state index >= 15 is 0 Å². The van der Waals surface area contributed by atoms with Gasteiger partial charge in [-0.15, -0.1) is 0 Å². The molecule has 1 unspecified atom stereocenters. The molecule has 208 valence electrons. The van der Waals surface area contributed by atoms with Crippen LogP contribution in [0.5, 0.6) is 5.75 Å². The van der Waals surface area contributed by atoms with Gasteiger partial charge in [0.2, 0.25) is 0 Å². The van der Waals surface area contributed by atoms with Gasteiger partial charge in [-0.3, -0.25) is 9.52 Å². The van der Waals surface area contributed by atoms with Crippen LogP contribution < -0.4 is 9.46 Å². The van der Waals surface area contributed by atoms with Gasteiger partial charge in [0.25, 0.3) is 5.91 Å². The van der Waals surface area contributed by atoms with Crippen LogP contribution in [-0.4, -0.2) is 38.7 Å². The lowest BCUT2D eigenvalue weighted by molar-refractivity contribution is -0.150. The number of carbonyl (C=O) groups excluding carboxylic acids is 2. The molecular formula is C31H37NO6S. The van der Waals surface area contributed by atoms with E-state index in [1.807, 2.05) is 19.1 Å². The van der Waals surface area contributed by atoms with Crippen molar-refractivity contribution in [2.75, 3.05) is 20.5 Å². The lowest BCUT2D eigenvalue weighted by Gasteiger charge is -2.57. The fraction of sp³-hybridized carbons (Fsp3) is 0.484. The summed E-state index contributed by atoms with van der Waals surface area (Å²) in [4.78, 5) is 25.8. The van der Waals surface area contributed by atoms with E-state index in [2.05, 4.69) is 17.4 Å². The Morgan fingerprint density at radius 2 is 1.69 bits per heavy atom. The summed E-state index contributed by atoms with van der Waals surface area (Å²) in [7, 11) is 1.61. The SMILES string of the molecule is C=CCOC(=O)c1ccc(C(=O)NSc2ccc(OCOC(C)OC)c(C34CC5CC(CC(C5)C3)C4)c2)cc1. The third kappa shape index (κ3) is 6.34. The summed E-state index contributed by atoms with van der Waals surface area (Å²) in [6.07, 6.45) is 8.86. The minimum absolute atomic E-state index is 0.119. The van der Waals surface area contributed by atoms with Crippen LogP contribution in [0.3, 0.4) is 0 Å². The van der Waals surface area contributed by atoms with Gasteiger partial charge in [-0.1, -0.05) is 12.7 Å². The van der Waals surface area contributed by atoms with Crippen LogP contribution in [-0.2, 0) is 19.6 Å². The molecule has 4 aliphatic carbocycles. The van der Waals surface area contributed by atoms with Gasteiger partial charge in [0.05, 0.1) is 5.56 Å². The van der Waals surface area contributed by atoms with Gasteiger partial charge in [-0.25, -0.2) is 4.79 Å². The van der Waals surface area contributed by atoms with E-state index in [0.717, 1.165) is 28.4 Å². The molecule has 7 nitrogen and oxygen atoms in total. The van der Waals surface area contributed by atoms with Crippen molar-refractivity contribution in [2.45, 2.75) is 62.0 Å². The molecular weight excluding hydrogens is 514 g/mol. The summed E-state index contributed by atoms with van der Waals surface area (Å²) >= 11 is 1.30. The van der Waals surface area contributed by atoms with Crippen LogP contribution in [0, 0.1) is 17.8 Å². The molecule has 1 atom stereocenters. The standard InChI is InChI=1S/C31H37NO6S/c1-4-11-36-30(34)25-7-5-24(6-8-25)29(33)32-39-26-9-10-28(38-19-37-20(2)35-3)27(15-26)31-16-21-12-22(17-31)14-23(13-21)18-31/h4-10,15,20-23H,1,11-14,16-19H2,2-3H3,(H,32,33). The van der Waals surface area contributed by atoms with Gasteiger partial charge in [-0.05, 0) is 123 Å². The second-order valence-corrected chi connectivity index (χ2v) is 12.0. The number of esters is 1. The minimum Gasteiger partial charge on any atom is -0.467 e. The van der Waals surface area contributed by atoms with Crippen LogP contribution in [0.2, 0.25) is 0 Å². The van der Waals surface area contributed by atoms with E-state index in [-0.39, 0.29) is 31.0 Å². The molecule has 0 aliphatic heterocycles. The molecule has 0 radical (unpaired) electrons. The Balaban J connectivity index is 1.30. The number of methoxy groups -OCH3 is 1. The molecule has 4 saturated carbocycles. The van der Waals surface area contributed by atoms with Gasteiger partial charge in [0, 0.05) is 23.1 Å². The van der Waals surface area contributed by atoms with E-state index < -0.39 is 5.97 Å². The van der Waals surface area contributed by atoms with Gasteiger partial charge in [-0.2, -0.15) is 0 Å². The van der Waals surface area contributed by atoms with Crippen LogP contribution in [0.25, 0.3) is 0 Å². The van der Waals surface area contributed by atoms with Crippen molar-refractivity contribution in [3.63, 3.8) is 0 Å². The number of ether oxygens (including phenoxy) is 4. The van der Waals surface area contributed by atoms with E-state index in [1.165, 1.54) is 62.1 Å². The van der Waals surface area contributed by atoms with Gasteiger partial charge >= 0.3 is 5.97 Å². The zero-order chi connectivity index (χ0) is 27.4. The Kier molecular flexibility index (Phi) is 8.64. The lowest BCUT2D eigenvalue weighted by atomic mass is 9.48. The third-order valence-electron chi connectivity index (χ3n) is 8.39. The average Bonchev–Trinajstić information content (AvgIpc) is 2.94. The van der Waals surface area contributed by atoms with Crippen molar-refractivity contribution in [3.05, 3.63) is 71.8 Å². The number of carbonyl (C=O) groups is 2. The van der Waals surface area contributed by atoms with Crippen molar-refractivity contribution in [3.8, 4) is 5.75 Å². The first-order valence-electron chi connectivity index (χ1n) is 13.7. The molecule has 0 spiro atoms. The van der Waals surface area contributed by atoms with Crippen LogP contribution >= 0.6 is 11.9 Å². The van der Waals surface area contributed by atoms with Crippen LogP contribution in [0.4, 0.5) is 0 Å². The normalized spacial score (nSPS) is 25.6. The Hall–Kier alpha value is -2.81. The molecule has 8 heteroatoms. The van der Waals surface area contributed by atoms with Crippen LogP contribution in [0.15, 0.2) is 60.0 Å². The molecule has 0 heterocycles. The Labute approximate surface area is 234 Å². The van der Waals surface area contributed by atoms with E-state index in [0.29, 0.717) is 11.1 Å². The summed E-state index contributed by atoms with van der Waals surface area (Å²) in [5.74, 6) is 2.56. The molecule has 2 aromatic carbocycles. The Morgan fingerprint density at radius 1 is 1.05 bits per heavy atom. The molecule has 6 rings (SSSR count). The highest BCUT2D eigenvalue weighted by molar-refractivity contribution is 7.98. The molecule has 1 amide bonds. The summed E-state index contributed by atoms with van der Waals surface area (Å²) in [6, 6.07) is 12.6. The van der Waals surface area contributed by atoms with Crippen molar-refractivity contribution >= 4 is 23.8 Å². The highest BCUT2D eigenvalue weighted by Crippen LogP contribution is 2.62. The summed E-state index contributed by atoms with van der Waals surface area (Å²) in [5.41, 5.74) is 2.21. The average molecular weight is 552 g/mol. The monoisotopic (exact) mass is 551 g/mol. The van der Waals surface area contributed by atoms with E-state index in [1.54, 1.807) is 31.4 Å². The lowest BCUT2D eigenvalue weighted by Crippen LogP contribution is -2.48. The summed E-state index contributed by atoms with van der Waals surface area (Å²) in [5, 5.41) is 0. The van der Waals surface area contributed by atoms with Crippen molar-refractivity contribution in [2.24, 2.45) is 17.8 Å². The molecule has 0 saturated heterocycles. The fourth-order valence-corrected chi connectivity index (χ4v) is 7.60. The molecule has 0 aromatic heterocycles. The van der Waals surface area contributed by atoms with Crippen LogP contribution in [0.1, 0.15) is 71.7 Å². The first-order chi connectivity index (χ1) is 18.9. The zero-order valence-electron chi connectivity index (χ0n) is 22.6. The van der Waals surface area contributed by atoms with Gasteiger partial charge in [0.1, 0.15) is 12.4 Å². The number of amides is 1. The van der Waals surface area contributed by atoms with Crippen molar-refractivity contribution < 1.29 is 28.5 Å². The number of benzene rings is 2. The van der Waals surface area contributed by atoms with Gasteiger partial charge in [0.15, 0.2) is 13.1 Å². The maximum absolute atomic E-state index is 12.9. The maximum Gasteiger partial charge on any atom is 0.338 e. The topological polar surface area (TPSA) is 83.1 Å². The molecule has 4 bridgehead atoms. The quantitative estimate of drug-likeness (QED) is 0.144. The highest BCUT2D eigenvalue weighted by atomic mass is 32.2. The Morgan fingerprint density at radius 3 is 2.31 bits per heavy atom. The fourth-order valence-electron chi connectivity index (χ4n) is 6.95. The first-order valence-corrected chi connectivity index (χ1v) is 14.5. The van der Waals surface area contributed by atoms with E-state index in [4.69, 9.17) is 18.9 Å². The number of hydrogen-bond donors (Lipinski definition) is 1. The molecule has 4 aliphatic rings. The smallest absolute Gasteiger partial charge is 0.338 e. The molecule has 4 fully saturated rings. The highest BCUT2D eigenvalue weighted by Gasteiger charge is 2.52. The zero-order valence-corrected chi connectivity index (χ0v) is 23.5. The maximum atomic E-state index is 12.9. The first kappa shape index (κ1) is 27.7. The molecule has 1 N–H and O–H groups in total. The molecule has 2 aromatic rings. The van der Waals surface area contributed by atoms with Crippen molar-refractivity contribution in [1.82, 2.24) is 4.72 Å². The summed E-state index contributed by atoms with van der Waals surface area (Å²) in [6.45, 7) is 5.64. The van der Waals surface area contributed by atoms with Gasteiger partial charge < -0.3 is 18.9 Å². The summed E-state index contributed by atoms with van der Waals surface area (Å²) < 4.78 is 25.0. The number of nitrogens with one attached hydrogen (secondary N) is 1. The van der Waals surface area contributed by atoms with E-state index in [9.17, 15) is 9.59 Å². The second-order valence-electron chi connectivity index (χ2n) is 11.1. The largest absolute Gasteiger partial charge is 0.467 e. The predicted molar refractivity (Wildman–Crippen MR) is 150 cm³/mol. The predicted octanol–water partition coefficient (Wildman–Crippen LogP) is 6.28. The molecule has 39 heavy (non-hydrogen) atoms. The second kappa shape index (κ2) is 12.1. The Bertz CT molecular complexity index is 1160. The number of hydrogen-bond acceptors (Lipinski definition) is 7. The van der Waals surface area contributed by atoms with Crippen molar-refractivity contribution in [1.29, 1.82) is 0 Å². The third-order valence-corrected chi connectivity index (χ3v) is 9.16. The number of rotatable bonds is 12.